The molecule has 1 aliphatic heterocycles. The number of guanidine groups is 1. The van der Waals surface area contributed by atoms with Crippen molar-refractivity contribution in [1.82, 2.24) is 10.2 Å². The number of nitrogens with one attached hydrogen (secondary N) is 1. The second-order valence-electron chi connectivity index (χ2n) is 4.47. The van der Waals surface area contributed by atoms with Crippen molar-refractivity contribution in [2.24, 2.45) is 4.99 Å². The zero-order valence-corrected chi connectivity index (χ0v) is 11.9. The molecule has 0 aliphatic carbocycles. The molecule has 1 aliphatic rings. The molecule has 0 bridgehead atoms. The third-order valence-corrected chi connectivity index (χ3v) is 3.43. The molecule has 0 amide bonds. The van der Waals surface area contributed by atoms with Gasteiger partial charge in [0.05, 0.1) is 7.11 Å². The maximum atomic E-state index is 5.27. The lowest BCUT2D eigenvalue weighted by Gasteiger charge is -2.37. The number of anilines is 1. The smallest absolute Gasteiger partial charge is 0.193 e. The van der Waals surface area contributed by atoms with Crippen LogP contribution >= 0.6 is 0 Å². The van der Waals surface area contributed by atoms with Gasteiger partial charge in [0.2, 0.25) is 0 Å². The number of nitrogens with zero attached hydrogens (tertiary/aromatic N) is 3. The van der Waals surface area contributed by atoms with Crippen molar-refractivity contribution in [3.8, 4) is 5.75 Å². The SMILES string of the molecule is CN=C(NC)N1CCN(c2cccc(OC)c2)CC1. The maximum Gasteiger partial charge on any atom is 0.193 e. The van der Waals surface area contributed by atoms with Crippen LogP contribution in [0.5, 0.6) is 5.75 Å². The summed E-state index contributed by atoms with van der Waals surface area (Å²) in [5, 5.41) is 3.13. The average molecular weight is 262 g/mol. The fourth-order valence-electron chi connectivity index (χ4n) is 2.39. The number of rotatable bonds is 2. The van der Waals surface area contributed by atoms with E-state index in [1.54, 1.807) is 7.11 Å². The molecule has 0 unspecified atom stereocenters. The first-order valence-electron chi connectivity index (χ1n) is 6.57. The van der Waals surface area contributed by atoms with Gasteiger partial charge in [-0.1, -0.05) is 6.07 Å². The van der Waals surface area contributed by atoms with Crippen LogP contribution in [-0.4, -0.2) is 58.2 Å². The Morgan fingerprint density at radius 2 is 2.00 bits per heavy atom. The molecule has 0 radical (unpaired) electrons. The Labute approximate surface area is 114 Å². The van der Waals surface area contributed by atoms with Crippen molar-refractivity contribution < 1.29 is 4.74 Å². The van der Waals surface area contributed by atoms with E-state index in [-0.39, 0.29) is 0 Å². The van der Waals surface area contributed by atoms with Crippen molar-refractivity contribution in [1.29, 1.82) is 0 Å². The van der Waals surface area contributed by atoms with E-state index in [0.29, 0.717) is 0 Å². The van der Waals surface area contributed by atoms with Gasteiger partial charge in [-0.05, 0) is 12.1 Å². The van der Waals surface area contributed by atoms with E-state index in [0.717, 1.165) is 37.9 Å². The van der Waals surface area contributed by atoms with Gasteiger partial charge in [0.25, 0.3) is 0 Å². The second-order valence-corrected chi connectivity index (χ2v) is 4.47. The van der Waals surface area contributed by atoms with E-state index in [4.69, 9.17) is 4.74 Å². The van der Waals surface area contributed by atoms with E-state index in [1.165, 1.54) is 5.69 Å². The highest BCUT2D eigenvalue weighted by Crippen LogP contribution is 2.21. The van der Waals surface area contributed by atoms with Gasteiger partial charge in [-0.25, -0.2) is 0 Å². The summed E-state index contributed by atoms with van der Waals surface area (Å²) in [7, 11) is 5.44. The van der Waals surface area contributed by atoms with Gasteiger partial charge in [-0.3, -0.25) is 4.99 Å². The second kappa shape index (κ2) is 6.31. The molecule has 5 heteroatoms. The van der Waals surface area contributed by atoms with Crippen LogP contribution in [0.3, 0.4) is 0 Å². The number of piperazine rings is 1. The number of hydrogen-bond acceptors (Lipinski definition) is 3. The average Bonchev–Trinajstić information content (AvgIpc) is 2.49. The van der Waals surface area contributed by atoms with Gasteiger partial charge in [0.1, 0.15) is 5.75 Å². The van der Waals surface area contributed by atoms with Gasteiger partial charge >= 0.3 is 0 Å². The van der Waals surface area contributed by atoms with Gasteiger partial charge in [0, 0.05) is 52.0 Å². The molecule has 0 aromatic heterocycles. The Kier molecular flexibility index (Phi) is 4.49. The van der Waals surface area contributed by atoms with Crippen LogP contribution in [0.4, 0.5) is 5.69 Å². The third kappa shape index (κ3) is 3.10. The van der Waals surface area contributed by atoms with Crippen molar-refractivity contribution >= 4 is 11.6 Å². The molecule has 0 saturated carbocycles. The van der Waals surface area contributed by atoms with E-state index in [1.807, 2.05) is 26.2 Å². The number of ether oxygens (including phenoxy) is 1. The summed E-state index contributed by atoms with van der Waals surface area (Å²) in [6, 6.07) is 8.23. The highest BCUT2D eigenvalue weighted by Gasteiger charge is 2.19. The summed E-state index contributed by atoms with van der Waals surface area (Å²) >= 11 is 0. The number of aliphatic imine (C=N–C) groups is 1. The van der Waals surface area contributed by atoms with E-state index < -0.39 is 0 Å². The predicted octanol–water partition coefficient (Wildman–Crippen LogP) is 1.02. The Balaban J connectivity index is 1.99. The van der Waals surface area contributed by atoms with Crippen LogP contribution in [0.2, 0.25) is 0 Å². The van der Waals surface area contributed by atoms with Crippen LogP contribution in [-0.2, 0) is 0 Å². The monoisotopic (exact) mass is 262 g/mol. The van der Waals surface area contributed by atoms with Crippen molar-refractivity contribution in [3.05, 3.63) is 24.3 Å². The summed E-state index contributed by atoms with van der Waals surface area (Å²) in [6.07, 6.45) is 0. The van der Waals surface area contributed by atoms with Crippen LogP contribution in [0, 0.1) is 0 Å². The van der Waals surface area contributed by atoms with Crippen LogP contribution in [0.1, 0.15) is 0 Å². The fraction of sp³-hybridized carbons (Fsp3) is 0.500. The van der Waals surface area contributed by atoms with E-state index in [2.05, 4.69) is 32.2 Å². The zero-order valence-electron chi connectivity index (χ0n) is 11.9. The summed E-state index contributed by atoms with van der Waals surface area (Å²) in [5.74, 6) is 1.87. The minimum atomic E-state index is 0.908. The zero-order chi connectivity index (χ0) is 13.7. The van der Waals surface area contributed by atoms with Gasteiger partial charge in [-0.2, -0.15) is 0 Å². The molecule has 0 atom stereocenters. The molecule has 5 nitrogen and oxygen atoms in total. The Bertz CT molecular complexity index is 439. The lowest BCUT2D eigenvalue weighted by Crippen LogP contribution is -2.51. The number of methoxy groups -OCH3 is 1. The molecule has 104 valence electrons. The van der Waals surface area contributed by atoms with Crippen LogP contribution in [0.25, 0.3) is 0 Å². The van der Waals surface area contributed by atoms with E-state index in [9.17, 15) is 0 Å². The molecule has 19 heavy (non-hydrogen) atoms. The van der Waals surface area contributed by atoms with Crippen molar-refractivity contribution in [3.63, 3.8) is 0 Å². The molecule has 1 N–H and O–H groups in total. The predicted molar refractivity (Wildman–Crippen MR) is 79.2 cm³/mol. The molecule has 0 spiro atoms. The standard InChI is InChI=1S/C14H22N4O/c1-15-14(16-2)18-9-7-17(8-10-18)12-5-4-6-13(11-12)19-3/h4-6,11H,7-10H2,1-3H3,(H,15,16). The lowest BCUT2D eigenvalue weighted by molar-refractivity contribution is 0.375. The van der Waals surface area contributed by atoms with Gasteiger partial charge in [-0.15, -0.1) is 0 Å². The Morgan fingerprint density at radius 3 is 2.58 bits per heavy atom. The highest BCUT2D eigenvalue weighted by molar-refractivity contribution is 5.79. The molecular weight excluding hydrogens is 240 g/mol. The molecule has 1 saturated heterocycles. The quantitative estimate of drug-likeness (QED) is 0.638. The third-order valence-electron chi connectivity index (χ3n) is 3.43. The first-order chi connectivity index (χ1) is 9.28. The number of hydrogen-bond donors (Lipinski definition) is 1. The minimum absolute atomic E-state index is 0.908. The molecule has 2 rings (SSSR count). The summed E-state index contributed by atoms with van der Waals surface area (Å²) in [4.78, 5) is 8.90. The molecule has 1 fully saturated rings. The first-order valence-corrected chi connectivity index (χ1v) is 6.57. The summed E-state index contributed by atoms with van der Waals surface area (Å²) < 4.78 is 5.27. The largest absolute Gasteiger partial charge is 0.497 e. The van der Waals surface area contributed by atoms with Crippen LogP contribution in [0.15, 0.2) is 29.3 Å². The first kappa shape index (κ1) is 13.5. The lowest BCUT2D eigenvalue weighted by atomic mass is 10.2. The molecule has 1 heterocycles. The number of benzene rings is 1. The van der Waals surface area contributed by atoms with E-state index >= 15 is 0 Å². The fourth-order valence-corrected chi connectivity index (χ4v) is 2.39. The topological polar surface area (TPSA) is 40.1 Å². The summed E-state index contributed by atoms with van der Waals surface area (Å²) in [5.41, 5.74) is 1.22. The molecule has 1 aromatic rings. The molecule has 1 aromatic carbocycles. The van der Waals surface area contributed by atoms with Gasteiger partial charge < -0.3 is 19.9 Å². The van der Waals surface area contributed by atoms with Gasteiger partial charge in [0.15, 0.2) is 5.96 Å². The highest BCUT2D eigenvalue weighted by atomic mass is 16.5. The maximum absolute atomic E-state index is 5.27. The van der Waals surface area contributed by atoms with Crippen molar-refractivity contribution in [2.45, 2.75) is 0 Å². The normalized spacial score (nSPS) is 16.5. The van der Waals surface area contributed by atoms with Crippen LogP contribution < -0.4 is 15.0 Å². The Morgan fingerprint density at radius 1 is 1.26 bits per heavy atom. The molecular formula is C14H22N4O. The minimum Gasteiger partial charge on any atom is -0.497 e. The Hall–Kier alpha value is -1.91. The van der Waals surface area contributed by atoms with Crippen molar-refractivity contribution in [2.75, 3.05) is 52.3 Å². The summed E-state index contributed by atoms with van der Waals surface area (Å²) in [6.45, 7) is 3.94.